The van der Waals surface area contributed by atoms with Crippen molar-refractivity contribution in [3.8, 4) is 0 Å². The third kappa shape index (κ3) is 3.52. The molecule has 0 unspecified atom stereocenters. The van der Waals surface area contributed by atoms with E-state index in [0.717, 1.165) is 31.8 Å². The maximum atomic E-state index is 4.60. The molecule has 0 fully saturated rings. The van der Waals surface area contributed by atoms with Crippen molar-refractivity contribution >= 4 is 11.8 Å². The summed E-state index contributed by atoms with van der Waals surface area (Å²) in [6.45, 7) is 9.55. The van der Waals surface area contributed by atoms with Crippen LogP contribution in [0, 0.1) is 13.8 Å². The Morgan fingerprint density at radius 1 is 1.38 bits per heavy atom. The van der Waals surface area contributed by atoms with Gasteiger partial charge in [-0.05, 0) is 45.2 Å². The molecule has 0 bridgehead atoms. The number of hydrogen-bond acceptors (Lipinski definition) is 3. The van der Waals surface area contributed by atoms with Crippen LogP contribution in [-0.2, 0) is 13.0 Å². The lowest BCUT2D eigenvalue weighted by Gasteiger charge is -2.05. The third-order valence-corrected chi connectivity index (χ3v) is 3.43. The minimum atomic E-state index is 1.02. The van der Waals surface area contributed by atoms with Crippen LogP contribution in [-0.4, -0.2) is 34.9 Å². The summed E-state index contributed by atoms with van der Waals surface area (Å²) in [4.78, 5) is 0. The highest BCUT2D eigenvalue weighted by Gasteiger charge is 2.10. The molecule has 0 amide bonds. The Morgan fingerprint density at radius 2 is 2.12 bits per heavy atom. The first-order valence-corrected chi connectivity index (χ1v) is 7.32. The summed E-state index contributed by atoms with van der Waals surface area (Å²) in [7, 11) is 0. The lowest BCUT2D eigenvalue weighted by atomic mass is 10.1. The second-order valence-electron chi connectivity index (χ2n) is 3.97. The first-order chi connectivity index (χ1) is 7.70. The van der Waals surface area contributed by atoms with Crippen molar-refractivity contribution in [1.82, 2.24) is 15.1 Å². The fraction of sp³-hybridized carbons (Fsp3) is 0.750. The molecule has 0 aliphatic heterocycles. The van der Waals surface area contributed by atoms with Crippen LogP contribution in [0.3, 0.4) is 0 Å². The standard InChI is InChI=1S/C12H23N3S/c1-5-13-7-6-12-10(2)14-15(11(12)3)8-9-16-4/h13H,5-9H2,1-4H3. The molecular weight excluding hydrogens is 218 g/mol. The Kier molecular flexibility index (Phi) is 5.91. The molecule has 0 aromatic carbocycles. The van der Waals surface area contributed by atoms with Gasteiger partial charge in [-0.3, -0.25) is 4.68 Å². The molecule has 1 aromatic rings. The van der Waals surface area contributed by atoms with Crippen molar-refractivity contribution in [2.45, 2.75) is 33.7 Å². The Balaban J connectivity index is 2.65. The van der Waals surface area contributed by atoms with Crippen LogP contribution in [0.5, 0.6) is 0 Å². The molecule has 3 nitrogen and oxygen atoms in total. The predicted molar refractivity (Wildman–Crippen MR) is 72.3 cm³/mol. The number of hydrogen-bond donors (Lipinski definition) is 1. The first kappa shape index (κ1) is 13.6. The second kappa shape index (κ2) is 6.97. The molecule has 92 valence electrons. The van der Waals surface area contributed by atoms with Crippen LogP contribution in [0.25, 0.3) is 0 Å². The zero-order chi connectivity index (χ0) is 12.0. The zero-order valence-electron chi connectivity index (χ0n) is 10.8. The zero-order valence-corrected chi connectivity index (χ0v) is 11.7. The van der Waals surface area contributed by atoms with Gasteiger partial charge in [0, 0.05) is 11.4 Å². The topological polar surface area (TPSA) is 29.9 Å². The molecule has 0 saturated carbocycles. The summed E-state index contributed by atoms with van der Waals surface area (Å²) in [5, 5.41) is 7.96. The van der Waals surface area contributed by atoms with E-state index in [1.54, 1.807) is 0 Å². The van der Waals surface area contributed by atoms with E-state index < -0.39 is 0 Å². The Bertz CT molecular complexity index is 320. The minimum absolute atomic E-state index is 1.02. The smallest absolute Gasteiger partial charge is 0.0628 e. The molecule has 0 atom stereocenters. The van der Waals surface area contributed by atoms with Crippen LogP contribution < -0.4 is 5.32 Å². The number of thioether (sulfide) groups is 1. The van der Waals surface area contributed by atoms with E-state index >= 15 is 0 Å². The molecule has 4 heteroatoms. The number of aromatic nitrogens is 2. The van der Waals surface area contributed by atoms with Gasteiger partial charge >= 0.3 is 0 Å². The van der Waals surface area contributed by atoms with Gasteiger partial charge in [-0.1, -0.05) is 6.92 Å². The number of likely N-dealkylation sites (N-methyl/N-ethyl adjacent to an activating group) is 1. The van der Waals surface area contributed by atoms with Gasteiger partial charge in [0.1, 0.15) is 0 Å². The number of nitrogens with zero attached hydrogens (tertiary/aromatic N) is 2. The normalized spacial score (nSPS) is 11.0. The van der Waals surface area contributed by atoms with Crippen LogP contribution in [0.1, 0.15) is 23.9 Å². The van der Waals surface area contributed by atoms with Crippen molar-refractivity contribution in [2.75, 3.05) is 25.1 Å². The minimum Gasteiger partial charge on any atom is -0.317 e. The van der Waals surface area contributed by atoms with E-state index in [1.165, 1.54) is 17.0 Å². The Morgan fingerprint density at radius 3 is 2.75 bits per heavy atom. The highest BCUT2D eigenvalue weighted by Crippen LogP contribution is 2.13. The largest absolute Gasteiger partial charge is 0.317 e. The molecule has 1 aromatic heterocycles. The maximum Gasteiger partial charge on any atom is 0.0628 e. The van der Waals surface area contributed by atoms with Gasteiger partial charge in [-0.25, -0.2) is 0 Å². The van der Waals surface area contributed by atoms with E-state index in [1.807, 2.05) is 11.8 Å². The van der Waals surface area contributed by atoms with Crippen LogP contribution >= 0.6 is 11.8 Å². The van der Waals surface area contributed by atoms with E-state index in [9.17, 15) is 0 Å². The van der Waals surface area contributed by atoms with Crippen molar-refractivity contribution < 1.29 is 0 Å². The average Bonchev–Trinajstić information content (AvgIpc) is 2.54. The van der Waals surface area contributed by atoms with Crippen molar-refractivity contribution in [3.05, 3.63) is 17.0 Å². The molecule has 0 aliphatic carbocycles. The van der Waals surface area contributed by atoms with Crippen LogP contribution in [0.2, 0.25) is 0 Å². The highest BCUT2D eigenvalue weighted by molar-refractivity contribution is 7.98. The lowest BCUT2D eigenvalue weighted by molar-refractivity contribution is 0.638. The van der Waals surface area contributed by atoms with Crippen molar-refractivity contribution in [2.24, 2.45) is 0 Å². The van der Waals surface area contributed by atoms with E-state index in [0.29, 0.717) is 0 Å². The van der Waals surface area contributed by atoms with E-state index in [-0.39, 0.29) is 0 Å². The molecule has 16 heavy (non-hydrogen) atoms. The fourth-order valence-electron chi connectivity index (χ4n) is 1.88. The van der Waals surface area contributed by atoms with Gasteiger partial charge in [0.2, 0.25) is 0 Å². The van der Waals surface area contributed by atoms with E-state index in [4.69, 9.17) is 0 Å². The molecule has 1 rings (SSSR count). The molecular formula is C12H23N3S. The summed E-state index contributed by atoms with van der Waals surface area (Å²) in [6, 6.07) is 0. The maximum absolute atomic E-state index is 4.60. The SMILES string of the molecule is CCNCCc1c(C)nn(CCSC)c1C. The summed E-state index contributed by atoms with van der Waals surface area (Å²) >= 11 is 1.87. The summed E-state index contributed by atoms with van der Waals surface area (Å²) in [5.74, 6) is 1.13. The number of nitrogens with one attached hydrogen (secondary N) is 1. The molecule has 0 spiro atoms. The summed E-state index contributed by atoms with van der Waals surface area (Å²) in [6.07, 6.45) is 3.22. The molecule has 0 saturated heterocycles. The highest BCUT2D eigenvalue weighted by atomic mass is 32.2. The van der Waals surface area contributed by atoms with Gasteiger partial charge in [0.15, 0.2) is 0 Å². The van der Waals surface area contributed by atoms with Gasteiger partial charge in [-0.2, -0.15) is 16.9 Å². The number of aryl methyl sites for hydroxylation is 2. The molecule has 0 aliphatic rings. The van der Waals surface area contributed by atoms with Gasteiger partial charge in [0.25, 0.3) is 0 Å². The average molecular weight is 241 g/mol. The fourth-order valence-corrected chi connectivity index (χ4v) is 2.24. The van der Waals surface area contributed by atoms with Gasteiger partial charge in [-0.15, -0.1) is 0 Å². The lowest BCUT2D eigenvalue weighted by Crippen LogP contribution is -2.16. The molecule has 1 heterocycles. The van der Waals surface area contributed by atoms with Crippen molar-refractivity contribution in [3.63, 3.8) is 0 Å². The van der Waals surface area contributed by atoms with Crippen LogP contribution in [0.4, 0.5) is 0 Å². The summed E-state index contributed by atoms with van der Waals surface area (Å²) < 4.78 is 2.15. The monoisotopic (exact) mass is 241 g/mol. The van der Waals surface area contributed by atoms with E-state index in [2.05, 4.69) is 42.1 Å². The quantitative estimate of drug-likeness (QED) is 0.741. The molecule has 1 N–H and O–H groups in total. The summed E-state index contributed by atoms with van der Waals surface area (Å²) in [5.41, 5.74) is 3.95. The molecule has 0 radical (unpaired) electrons. The van der Waals surface area contributed by atoms with Gasteiger partial charge < -0.3 is 5.32 Å². The first-order valence-electron chi connectivity index (χ1n) is 5.93. The second-order valence-corrected chi connectivity index (χ2v) is 4.95. The predicted octanol–water partition coefficient (Wildman–Crippen LogP) is 2.01. The Hall–Kier alpha value is -0.480. The van der Waals surface area contributed by atoms with Gasteiger partial charge in [0.05, 0.1) is 12.2 Å². The van der Waals surface area contributed by atoms with Crippen molar-refractivity contribution in [1.29, 1.82) is 0 Å². The van der Waals surface area contributed by atoms with Crippen LogP contribution in [0.15, 0.2) is 0 Å². The number of rotatable bonds is 7. The third-order valence-electron chi connectivity index (χ3n) is 2.84. The Labute approximate surface area is 103 Å².